The molecule has 0 saturated carbocycles. The molecular formula is C10H22ClNO2S. The van der Waals surface area contributed by atoms with Gasteiger partial charge in [-0.25, -0.2) is 13.1 Å². The van der Waals surface area contributed by atoms with Crippen LogP contribution >= 0.6 is 11.6 Å². The molecule has 0 aromatic rings. The zero-order valence-electron chi connectivity index (χ0n) is 9.79. The first kappa shape index (κ1) is 15.2. The van der Waals surface area contributed by atoms with Crippen molar-refractivity contribution in [3.63, 3.8) is 0 Å². The quantitative estimate of drug-likeness (QED) is 0.677. The second-order valence-electron chi connectivity index (χ2n) is 4.19. The molecule has 1 atom stereocenters. The molecule has 0 aliphatic heterocycles. The molecule has 0 aliphatic carbocycles. The summed E-state index contributed by atoms with van der Waals surface area (Å²) < 4.78 is 25.5. The maximum Gasteiger partial charge on any atom is 0.211 e. The van der Waals surface area contributed by atoms with E-state index in [4.69, 9.17) is 11.6 Å². The third-order valence-corrected chi connectivity index (χ3v) is 4.13. The van der Waals surface area contributed by atoms with Gasteiger partial charge in [-0.05, 0) is 25.2 Å². The van der Waals surface area contributed by atoms with Crippen molar-refractivity contribution in [2.24, 2.45) is 5.92 Å². The first-order valence-corrected chi connectivity index (χ1v) is 7.57. The van der Waals surface area contributed by atoms with E-state index in [9.17, 15) is 8.42 Å². The topological polar surface area (TPSA) is 46.2 Å². The summed E-state index contributed by atoms with van der Waals surface area (Å²) in [6.45, 7) is 6.47. The number of alkyl halides is 1. The molecule has 0 saturated heterocycles. The lowest BCUT2D eigenvalue weighted by Crippen LogP contribution is -2.29. The number of hydrogen-bond acceptors (Lipinski definition) is 2. The molecule has 0 aliphatic rings. The van der Waals surface area contributed by atoms with E-state index >= 15 is 0 Å². The Hall–Kier alpha value is 0.200. The summed E-state index contributed by atoms with van der Waals surface area (Å²) in [6, 6.07) is 0. The Balaban J connectivity index is 3.75. The maximum absolute atomic E-state index is 11.5. The van der Waals surface area contributed by atoms with Crippen LogP contribution in [0.15, 0.2) is 0 Å². The van der Waals surface area contributed by atoms with Crippen LogP contribution in [0, 0.1) is 5.92 Å². The van der Waals surface area contributed by atoms with Crippen molar-refractivity contribution >= 4 is 21.6 Å². The van der Waals surface area contributed by atoms with Gasteiger partial charge in [0.25, 0.3) is 0 Å². The Morgan fingerprint density at radius 2 is 1.87 bits per heavy atom. The molecule has 1 N–H and O–H groups in total. The second kappa shape index (κ2) is 7.47. The maximum atomic E-state index is 11.5. The number of rotatable bonds is 8. The van der Waals surface area contributed by atoms with Crippen molar-refractivity contribution in [2.75, 3.05) is 12.3 Å². The zero-order valence-corrected chi connectivity index (χ0v) is 11.4. The molecule has 1 unspecified atom stereocenters. The lowest BCUT2D eigenvalue weighted by Gasteiger charge is -2.09. The standard InChI is InChI=1S/C10H22ClNO2S/c1-4-10(11)5-7-12-15(13,14)8-6-9(2)3/h9-10,12H,4-8H2,1-3H3. The minimum absolute atomic E-state index is 0.0674. The van der Waals surface area contributed by atoms with Crippen LogP contribution in [0.25, 0.3) is 0 Å². The fourth-order valence-corrected chi connectivity index (χ4v) is 2.50. The van der Waals surface area contributed by atoms with Crippen LogP contribution in [-0.2, 0) is 10.0 Å². The Labute approximate surface area is 98.6 Å². The highest BCUT2D eigenvalue weighted by molar-refractivity contribution is 7.89. The molecule has 5 heteroatoms. The Morgan fingerprint density at radius 1 is 1.27 bits per heavy atom. The van der Waals surface area contributed by atoms with Crippen molar-refractivity contribution in [3.8, 4) is 0 Å². The summed E-state index contributed by atoms with van der Waals surface area (Å²) in [6.07, 6.45) is 2.27. The van der Waals surface area contributed by atoms with Gasteiger partial charge in [0, 0.05) is 11.9 Å². The molecule has 15 heavy (non-hydrogen) atoms. The van der Waals surface area contributed by atoms with Crippen LogP contribution in [0.5, 0.6) is 0 Å². The molecule has 0 amide bonds. The van der Waals surface area contributed by atoms with E-state index in [0.29, 0.717) is 25.3 Å². The van der Waals surface area contributed by atoms with E-state index in [1.165, 1.54) is 0 Å². The van der Waals surface area contributed by atoms with E-state index in [0.717, 1.165) is 6.42 Å². The minimum Gasteiger partial charge on any atom is -0.215 e. The minimum atomic E-state index is -3.09. The largest absolute Gasteiger partial charge is 0.215 e. The highest BCUT2D eigenvalue weighted by Crippen LogP contribution is 2.06. The van der Waals surface area contributed by atoms with E-state index in [-0.39, 0.29) is 11.1 Å². The number of halogens is 1. The summed E-state index contributed by atoms with van der Waals surface area (Å²) in [5.74, 6) is 0.627. The summed E-state index contributed by atoms with van der Waals surface area (Å²) in [5, 5.41) is 0.0674. The summed E-state index contributed by atoms with van der Waals surface area (Å²) in [5.41, 5.74) is 0. The predicted molar refractivity (Wildman–Crippen MR) is 65.8 cm³/mol. The molecule has 0 fully saturated rings. The van der Waals surface area contributed by atoms with E-state index in [1.807, 2.05) is 20.8 Å². The van der Waals surface area contributed by atoms with Crippen molar-refractivity contribution < 1.29 is 8.42 Å². The van der Waals surface area contributed by atoms with E-state index < -0.39 is 10.0 Å². The molecule has 0 radical (unpaired) electrons. The number of sulfonamides is 1. The van der Waals surface area contributed by atoms with Crippen molar-refractivity contribution in [2.45, 2.75) is 45.4 Å². The van der Waals surface area contributed by atoms with Gasteiger partial charge in [-0.2, -0.15) is 0 Å². The normalized spacial score (nSPS) is 14.5. The van der Waals surface area contributed by atoms with Gasteiger partial charge in [0.05, 0.1) is 5.75 Å². The third-order valence-electron chi connectivity index (χ3n) is 2.19. The first-order valence-electron chi connectivity index (χ1n) is 5.48. The van der Waals surface area contributed by atoms with Gasteiger partial charge >= 0.3 is 0 Å². The Bertz CT molecular complexity index is 252. The lowest BCUT2D eigenvalue weighted by molar-refractivity contribution is 0.558. The van der Waals surface area contributed by atoms with Gasteiger partial charge in [0.2, 0.25) is 10.0 Å². The number of hydrogen-bond donors (Lipinski definition) is 1. The van der Waals surface area contributed by atoms with Gasteiger partial charge in [-0.1, -0.05) is 20.8 Å². The molecule has 0 rings (SSSR count). The average Bonchev–Trinajstić information content (AvgIpc) is 2.14. The molecule has 0 aromatic carbocycles. The third kappa shape index (κ3) is 9.15. The molecule has 3 nitrogen and oxygen atoms in total. The highest BCUT2D eigenvalue weighted by atomic mass is 35.5. The molecule has 0 bridgehead atoms. The number of nitrogens with one attached hydrogen (secondary N) is 1. The summed E-state index contributed by atoms with van der Waals surface area (Å²) >= 11 is 5.89. The average molecular weight is 256 g/mol. The summed E-state index contributed by atoms with van der Waals surface area (Å²) in [4.78, 5) is 0. The van der Waals surface area contributed by atoms with Crippen LogP contribution in [0.4, 0.5) is 0 Å². The van der Waals surface area contributed by atoms with Crippen LogP contribution in [0.3, 0.4) is 0 Å². The van der Waals surface area contributed by atoms with Gasteiger partial charge < -0.3 is 0 Å². The zero-order chi connectivity index (χ0) is 11.9. The second-order valence-corrected chi connectivity index (χ2v) is 6.73. The SMILES string of the molecule is CCC(Cl)CCNS(=O)(=O)CCC(C)C. The fraction of sp³-hybridized carbons (Fsp3) is 1.00. The van der Waals surface area contributed by atoms with Gasteiger partial charge in [0.1, 0.15) is 0 Å². The molecule has 92 valence electrons. The van der Waals surface area contributed by atoms with Crippen LogP contribution in [0.1, 0.15) is 40.0 Å². The van der Waals surface area contributed by atoms with Crippen molar-refractivity contribution in [1.82, 2.24) is 4.72 Å². The van der Waals surface area contributed by atoms with Crippen molar-refractivity contribution in [1.29, 1.82) is 0 Å². The molecule has 0 spiro atoms. The first-order chi connectivity index (χ1) is 6.87. The van der Waals surface area contributed by atoms with Gasteiger partial charge in [0.15, 0.2) is 0 Å². The van der Waals surface area contributed by atoms with Crippen LogP contribution in [-0.4, -0.2) is 26.1 Å². The van der Waals surface area contributed by atoms with Crippen molar-refractivity contribution in [3.05, 3.63) is 0 Å². The van der Waals surface area contributed by atoms with Crippen LogP contribution < -0.4 is 4.72 Å². The molecular weight excluding hydrogens is 234 g/mol. The van der Waals surface area contributed by atoms with E-state index in [1.54, 1.807) is 0 Å². The van der Waals surface area contributed by atoms with Gasteiger partial charge in [-0.3, -0.25) is 0 Å². The van der Waals surface area contributed by atoms with Crippen LogP contribution in [0.2, 0.25) is 0 Å². The smallest absolute Gasteiger partial charge is 0.211 e. The van der Waals surface area contributed by atoms with E-state index in [2.05, 4.69) is 4.72 Å². The molecule has 0 heterocycles. The lowest BCUT2D eigenvalue weighted by atomic mass is 10.2. The molecule has 0 aromatic heterocycles. The van der Waals surface area contributed by atoms with Gasteiger partial charge in [-0.15, -0.1) is 11.6 Å². The summed E-state index contributed by atoms with van der Waals surface area (Å²) in [7, 11) is -3.09. The monoisotopic (exact) mass is 255 g/mol. The Kier molecular flexibility index (Phi) is 7.57. The highest BCUT2D eigenvalue weighted by Gasteiger charge is 2.11. The fourth-order valence-electron chi connectivity index (χ4n) is 1.04. The Morgan fingerprint density at radius 3 is 2.33 bits per heavy atom. The predicted octanol–water partition coefficient (Wildman–Crippen LogP) is 2.36.